The average Bonchev–Trinajstić information content (AvgIpc) is 2.28. The van der Waals surface area contributed by atoms with Gasteiger partial charge in [0.25, 0.3) is 0 Å². The molecule has 100 valence electrons. The maximum absolute atomic E-state index is 12.1. The Balaban J connectivity index is 2.48. The summed E-state index contributed by atoms with van der Waals surface area (Å²) in [6, 6.07) is 10.1. The lowest BCUT2D eigenvalue weighted by atomic mass is 9.69. The Labute approximate surface area is 110 Å². The summed E-state index contributed by atoms with van der Waals surface area (Å²) in [5, 5.41) is 0. The molecule has 0 radical (unpaired) electrons. The molecule has 1 aromatic carbocycles. The van der Waals surface area contributed by atoms with Crippen molar-refractivity contribution in [1.29, 1.82) is 0 Å². The van der Waals surface area contributed by atoms with Gasteiger partial charge in [-0.3, -0.25) is 4.79 Å². The zero-order chi connectivity index (χ0) is 13.8. The van der Waals surface area contributed by atoms with Gasteiger partial charge in [0.05, 0.1) is 12.0 Å². The van der Waals surface area contributed by atoms with Crippen molar-refractivity contribution in [3.63, 3.8) is 0 Å². The van der Waals surface area contributed by atoms with Crippen LogP contribution < -0.4 is 0 Å². The van der Waals surface area contributed by atoms with E-state index in [9.17, 15) is 4.79 Å². The first-order valence-corrected chi connectivity index (χ1v) is 6.46. The van der Waals surface area contributed by atoms with Crippen molar-refractivity contribution in [3.05, 3.63) is 35.9 Å². The molecule has 0 amide bonds. The molecule has 0 aliphatic heterocycles. The second-order valence-corrected chi connectivity index (χ2v) is 6.25. The van der Waals surface area contributed by atoms with E-state index in [1.165, 1.54) is 5.56 Å². The molecule has 0 aliphatic rings. The lowest BCUT2D eigenvalue weighted by Gasteiger charge is -2.36. The van der Waals surface area contributed by atoms with Crippen molar-refractivity contribution < 1.29 is 9.53 Å². The van der Waals surface area contributed by atoms with Crippen LogP contribution in [0.3, 0.4) is 0 Å². The van der Waals surface area contributed by atoms with Crippen LogP contribution in [0.15, 0.2) is 30.3 Å². The van der Waals surface area contributed by atoms with Gasteiger partial charge in [0.2, 0.25) is 0 Å². The number of ether oxygens (including phenoxy) is 1. The Morgan fingerprint density at radius 2 is 1.61 bits per heavy atom. The van der Waals surface area contributed by atoms with Gasteiger partial charge in [-0.25, -0.2) is 0 Å². The molecule has 0 aliphatic carbocycles. The molecular formula is C16H24O2. The molecule has 0 spiro atoms. The van der Waals surface area contributed by atoms with Gasteiger partial charge >= 0.3 is 5.97 Å². The van der Waals surface area contributed by atoms with E-state index in [0.717, 1.165) is 6.42 Å². The van der Waals surface area contributed by atoms with E-state index in [1.807, 2.05) is 44.2 Å². The highest BCUT2D eigenvalue weighted by Gasteiger charge is 2.41. The molecule has 0 heterocycles. The summed E-state index contributed by atoms with van der Waals surface area (Å²) in [7, 11) is 0. The molecule has 0 N–H and O–H groups in total. The predicted octanol–water partition coefficient (Wildman–Crippen LogP) is 3.84. The molecule has 1 rings (SSSR count). The van der Waals surface area contributed by atoms with Gasteiger partial charge in [-0.2, -0.15) is 0 Å². The number of carbonyl (C=O) groups is 1. The summed E-state index contributed by atoms with van der Waals surface area (Å²) in [6.45, 7) is 10.5. The van der Waals surface area contributed by atoms with Crippen LogP contribution >= 0.6 is 0 Å². The average molecular weight is 248 g/mol. The van der Waals surface area contributed by atoms with Gasteiger partial charge in [-0.15, -0.1) is 0 Å². The standard InChI is InChI=1S/C16H24O2/c1-15(2,3)16(4,5)14(17)18-12-11-13-9-7-6-8-10-13/h6-10H,11-12H2,1-5H3. The van der Waals surface area contributed by atoms with Crippen molar-refractivity contribution in [3.8, 4) is 0 Å². The van der Waals surface area contributed by atoms with Crippen LogP contribution in [0.1, 0.15) is 40.2 Å². The van der Waals surface area contributed by atoms with Crippen LogP contribution in [0, 0.1) is 10.8 Å². The normalized spacial score (nSPS) is 12.3. The summed E-state index contributed by atoms with van der Waals surface area (Å²) in [4.78, 5) is 12.1. The van der Waals surface area contributed by atoms with Crippen LogP contribution in [0.2, 0.25) is 0 Å². The fourth-order valence-corrected chi connectivity index (χ4v) is 1.39. The third kappa shape index (κ3) is 3.59. The molecule has 1 aromatic rings. The molecule has 18 heavy (non-hydrogen) atoms. The van der Waals surface area contributed by atoms with E-state index < -0.39 is 5.41 Å². The minimum absolute atomic E-state index is 0.100. The number of hydrogen-bond acceptors (Lipinski definition) is 2. The first-order chi connectivity index (χ1) is 8.25. The summed E-state index contributed by atoms with van der Waals surface area (Å²) in [5.74, 6) is -0.120. The Bertz CT molecular complexity index is 385. The Morgan fingerprint density at radius 3 is 2.11 bits per heavy atom. The third-order valence-corrected chi connectivity index (χ3v) is 3.85. The van der Waals surface area contributed by atoms with Gasteiger partial charge in [0, 0.05) is 6.42 Å². The quantitative estimate of drug-likeness (QED) is 0.757. The van der Waals surface area contributed by atoms with Crippen molar-refractivity contribution in [1.82, 2.24) is 0 Å². The van der Waals surface area contributed by atoms with Crippen molar-refractivity contribution in [2.45, 2.75) is 41.0 Å². The number of esters is 1. The van der Waals surface area contributed by atoms with E-state index in [1.54, 1.807) is 0 Å². The van der Waals surface area contributed by atoms with Crippen LogP contribution in [-0.4, -0.2) is 12.6 Å². The molecule has 0 fully saturated rings. The predicted molar refractivity (Wildman–Crippen MR) is 74.3 cm³/mol. The fraction of sp³-hybridized carbons (Fsp3) is 0.562. The molecule has 0 aromatic heterocycles. The SMILES string of the molecule is CC(C)(C)C(C)(C)C(=O)OCCc1ccccc1. The van der Waals surface area contributed by atoms with Gasteiger partial charge in [0.15, 0.2) is 0 Å². The summed E-state index contributed by atoms with van der Waals surface area (Å²) >= 11 is 0. The monoisotopic (exact) mass is 248 g/mol. The van der Waals surface area contributed by atoms with E-state index in [4.69, 9.17) is 4.74 Å². The molecule has 0 atom stereocenters. The number of carbonyl (C=O) groups excluding carboxylic acids is 1. The number of hydrogen-bond donors (Lipinski definition) is 0. The van der Waals surface area contributed by atoms with Gasteiger partial charge in [-0.05, 0) is 24.8 Å². The lowest BCUT2D eigenvalue weighted by molar-refractivity contribution is -0.160. The van der Waals surface area contributed by atoms with Crippen molar-refractivity contribution >= 4 is 5.97 Å². The van der Waals surface area contributed by atoms with Crippen molar-refractivity contribution in [2.75, 3.05) is 6.61 Å². The molecule has 0 saturated heterocycles. The van der Waals surface area contributed by atoms with Gasteiger partial charge in [-0.1, -0.05) is 51.1 Å². The maximum atomic E-state index is 12.1. The Morgan fingerprint density at radius 1 is 1.06 bits per heavy atom. The van der Waals surface area contributed by atoms with Crippen LogP contribution in [0.25, 0.3) is 0 Å². The van der Waals surface area contributed by atoms with E-state index in [2.05, 4.69) is 20.8 Å². The number of benzene rings is 1. The maximum Gasteiger partial charge on any atom is 0.312 e. The second-order valence-electron chi connectivity index (χ2n) is 6.25. The smallest absolute Gasteiger partial charge is 0.312 e. The molecule has 2 heteroatoms. The molecule has 2 nitrogen and oxygen atoms in total. The molecule has 0 saturated carbocycles. The largest absolute Gasteiger partial charge is 0.465 e. The minimum Gasteiger partial charge on any atom is -0.465 e. The molecule has 0 bridgehead atoms. The Kier molecular flexibility index (Phi) is 4.55. The summed E-state index contributed by atoms with van der Waals surface area (Å²) in [6.07, 6.45) is 0.771. The highest BCUT2D eigenvalue weighted by Crippen LogP contribution is 2.38. The van der Waals surface area contributed by atoms with Crippen LogP contribution in [0.4, 0.5) is 0 Å². The van der Waals surface area contributed by atoms with E-state index in [-0.39, 0.29) is 11.4 Å². The van der Waals surface area contributed by atoms with Crippen molar-refractivity contribution in [2.24, 2.45) is 10.8 Å². The van der Waals surface area contributed by atoms with Crippen LogP contribution in [0.5, 0.6) is 0 Å². The zero-order valence-corrected chi connectivity index (χ0v) is 12.1. The summed E-state index contributed by atoms with van der Waals surface area (Å²) < 4.78 is 5.40. The minimum atomic E-state index is -0.469. The summed E-state index contributed by atoms with van der Waals surface area (Å²) in [5.41, 5.74) is 0.624. The number of rotatable bonds is 4. The molecule has 0 unspecified atom stereocenters. The third-order valence-electron chi connectivity index (χ3n) is 3.85. The zero-order valence-electron chi connectivity index (χ0n) is 12.1. The highest BCUT2D eigenvalue weighted by atomic mass is 16.5. The topological polar surface area (TPSA) is 26.3 Å². The van der Waals surface area contributed by atoms with Crippen LogP contribution in [-0.2, 0) is 16.0 Å². The lowest BCUT2D eigenvalue weighted by Crippen LogP contribution is -2.39. The van der Waals surface area contributed by atoms with E-state index in [0.29, 0.717) is 6.61 Å². The highest BCUT2D eigenvalue weighted by molar-refractivity contribution is 5.76. The first kappa shape index (κ1) is 14.7. The fourth-order valence-electron chi connectivity index (χ4n) is 1.39. The van der Waals surface area contributed by atoms with Gasteiger partial charge < -0.3 is 4.74 Å². The molecular weight excluding hydrogens is 224 g/mol. The Hall–Kier alpha value is -1.31. The second kappa shape index (κ2) is 5.55. The van der Waals surface area contributed by atoms with E-state index >= 15 is 0 Å². The van der Waals surface area contributed by atoms with Gasteiger partial charge in [0.1, 0.15) is 0 Å². The first-order valence-electron chi connectivity index (χ1n) is 6.46.